The summed E-state index contributed by atoms with van der Waals surface area (Å²) in [7, 11) is 0. The number of para-hydroxylation sites is 1. The third kappa shape index (κ3) is 3.34. The molecule has 0 aromatic heterocycles. The summed E-state index contributed by atoms with van der Waals surface area (Å²) in [4.78, 5) is 0. The number of aliphatic hydroxyl groups is 2. The van der Waals surface area contributed by atoms with E-state index < -0.39 is 30.7 Å². The molecule has 0 aliphatic carbocycles. The Kier molecular flexibility index (Phi) is 4.00. The fraction of sp³-hybridized carbons (Fsp3) is 0.455. The van der Waals surface area contributed by atoms with Crippen LogP contribution in [0.3, 0.4) is 0 Å². The second-order valence-electron chi connectivity index (χ2n) is 3.92. The van der Waals surface area contributed by atoms with Crippen LogP contribution >= 0.6 is 0 Å². The fourth-order valence-electron chi connectivity index (χ4n) is 1.40. The number of alkyl halides is 3. The molecule has 0 saturated heterocycles. The van der Waals surface area contributed by atoms with Crippen molar-refractivity contribution < 1.29 is 28.1 Å². The lowest BCUT2D eigenvalue weighted by Gasteiger charge is -2.27. The van der Waals surface area contributed by atoms with Gasteiger partial charge in [-0.05, 0) is 6.07 Å². The molecular weight excluding hydrogens is 237 g/mol. The Bertz CT molecular complexity index is 372. The zero-order valence-electron chi connectivity index (χ0n) is 9.16. The Morgan fingerprint density at radius 3 is 2.12 bits per heavy atom. The minimum atomic E-state index is -4.80. The number of aliphatic hydroxyl groups excluding tert-OH is 2. The van der Waals surface area contributed by atoms with Gasteiger partial charge in [0.05, 0.1) is 13.2 Å². The minimum absolute atomic E-state index is 0.113. The van der Waals surface area contributed by atoms with Crippen LogP contribution in [0.1, 0.15) is 12.5 Å². The van der Waals surface area contributed by atoms with Crippen LogP contribution in [0.25, 0.3) is 0 Å². The first-order valence-corrected chi connectivity index (χ1v) is 4.89. The molecule has 2 N–H and O–H groups in total. The first kappa shape index (κ1) is 13.8. The first-order valence-electron chi connectivity index (χ1n) is 4.89. The predicted octanol–water partition coefficient (Wildman–Crippen LogP) is 1.83. The average molecular weight is 250 g/mol. The molecule has 1 aromatic carbocycles. The van der Waals surface area contributed by atoms with Gasteiger partial charge in [0.15, 0.2) is 0 Å². The van der Waals surface area contributed by atoms with E-state index in [-0.39, 0.29) is 5.56 Å². The van der Waals surface area contributed by atoms with Gasteiger partial charge in [-0.1, -0.05) is 25.1 Å². The highest BCUT2D eigenvalue weighted by molar-refractivity contribution is 5.39. The van der Waals surface area contributed by atoms with Crippen molar-refractivity contribution in [3.05, 3.63) is 29.8 Å². The maximum Gasteiger partial charge on any atom is 0.573 e. The van der Waals surface area contributed by atoms with Crippen LogP contribution in [0.4, 0.5) is 13.2 Å². The lowest BCUT2D eigenvalue weighted by Crippen LogP contribution is -2.32. The molecule has 0 amide bonds. The van der Waals surface area contributed by atoms with Gasteiger partial charge in [0.1, 0.15) is 5.75 Å². The highest BCUT2D eigenvalue weighted by Gasteiger charge is 2.35. The summed E-state index contributed by atoms with van der Waals surface area (Å²) in [6, 6.07) is 5.43. The van der Waals surface area contributed by atoms with Gasteiger partial charge in [-0.2, -0.15) is 0 Å². The number of halogens is 3. The van der Waals surface area contributed by atoms with Crippen molar-refractivity contribution in [2.75, 3.05) is 13.2 Å². The van der Waals surface area contributed by atoms with Crippen LogP contribution < -0.4 is 4.74 Å². The molecule has 3 nitrogen and oxygen atoms in total. The zero-order valence-corrected chi connectivity index (χ0v) is 9.16. The summed E-state index contributed by atoms with van der Waals surface area (Å²) in [6.45, 7) is 0.481. The predicted molar refractivity (Wildman–Crippen MR) is 54.6 cm³/mol. The molecule has 0 saturated carbocycles. The van der Waals surface area contributed by atoms with Gasteiger partial charge >= 0.3 is 6.36 Å². The molecule has 0 radical (unpaired) electrons. The van der Waals surface area contributed by atoms with E-state index in [9.17, 15) is 13.2 Å². The lowest BCUT2D eigenvalue weighted by atomic mass is 9.83. The fourth-order valence-corrected chi connectivity index (χ4v) is 1.40. The van der Waals surface area contributed by atoms with Crippen molar-refractivity contribution in [2.45, 2.75) is 18.7 Å². The van der Waals surface area contributed by atoms with Crippen LogP contribution in [0, 0.1) is 0 Å². The lowest BCUT2D eigenvalue weighted by molar-refractivity contribution is -0.275. The summed E-state index contributed by atoms with van der Waals surface area (Å²) < 4.78 is 40.4. The Morgan fingerprint density at radius 2 is 1.65 bits per heavy atom. The summed E-state index contributed by atoms with van der Waals surface area (Å²) in [5, 5.41) is 18.3. The van der Waals surface area contributed by atoms with E-state index in [1.807, 2.05) is 0 Å². The van der Waals surface area contributed by atoms with E-state index in [1.54, 1.807) is 0 Å². The van der Waals surface area contributed by atoms with E-state index in [4.69, 9.17) is 10.2 Å². The topological polar surface area (TPSA) is 49.7 Å². The molecule has 0 unspecified atom stereocenters. The normalized spacial score (nSPS) is 12.6. The van der Waals surface area contributed by atoms with E-state index in [0.717, 1.165) is 6.07 Å². The second kappa shape index (κ2) is 4.93. The molecule has 0 heterocycles. The van der Waals surface area contributed by atoms with E-state index in [0.29, 0.717) is 0 Å². The highest BCUT2D eigenvalue weighted by atomic mass is 19.4. The standard InChI is InChI=1S/C11H13F3O3/c1-10(6-15,7-16)8-4-2-3-5-9(8)17-11(12,13)14/h2-5,15-16H,6-7H2,1H3. The molecule has 6 heteroatoms. The zero-order chi connectivity index (χ0) is 13.1. The van der Waals surface area contributed by atoms with Gasteiger partial charge in [0, 0.05) is 11.0 Å². The van der Waals surface area contributed by atoms with Gasteiger partial charge in [-0.15, -0.1) is 13.2 Å². The smallest absolute Gasteiger partial charge is 0.405 e. The summed E-state index contributed by atoms with van der Waals surface area (Å²) in [5.74, 6) is -0.411. The number of hydrogen-bond acceptors (Lipinski definition) is 3. The van der Waals surface area contributed by atoms with E-state index in [2.05, 4.69) is 4.74 Å². The van der Waals surface area contributed by atoms with Gasteiger partial charge in [0.25, 0.3) is 0 Å². The van der Waals surface area contributed by atoms with Crippen LogP contribution in [-0.2, 0) is 5.41 Å². The highest BCUT2D eigenvalue weighted by Crippen LogP contribution is 2.34. The molecule has 0 bridgehead atoms. The molecule has 1 aromatic rings. The molecule has 0 aliphatic rings. The van der Waals surface area contributed by atoms with Crippen LogP contribution in [0.15, 0.2) is 24.3 Å². The quantitative estimate of drug-likeness (QED) is 0.857. The third-order valence-corrected chi connectivity index (χ3v) is 2.46. The maximum atomic E-state index is 12.2. The van der Waals surface area contributed by atoms with E-state index in [1.165, 1.54) is 25.1 Å². The Labute approximate surface area is 96.5 Å². The molecule has 1 rings (SSSR count). The molecule has 17 heavy (non-hydrogen) atoms. The average Bonchev–Trinajstić information content (AvgIpc) is 2.27. The van der Waals surface area contributed by atoms with Crippen LogP contribution in [0.2, 0.25) is 0 Å². The van der Waals surface area contributed by atoms with Gasteiger partial charge < -0.3 is 14.9 Å². The molecule has 0 aliphatic heterocycles. The van der Waals surface area contributed by atoms with Gasteiger partial charge in [-0.25, -0.2) is 0 Å². The summed E-state index contributed by atoms with van der Waals surface area (Å²) in [6.07, 6.45) is -4.80. The monoisotopic (exact) mass is 250 g/mol. The second-order valence-corrected chi connectivity index (χ2v) is 3.92. The van der Waals surface area contributed by atoms with Crippen molar-refractivity contribution in [3.63, 3.8) is 0 Å². The molecular formula is C11H13F3O3. The minimum Gasteiger partial charge on any atom is -0.405 e. The first-order chi connectivity index (χ1) is 7.82. The SMILES string of the molecule is CC(CO)(CO)c1ccccc1OC(F)(F)F. The third-order valence-electron chi connectivity index (χ3n) is 2.46. The molecule has 0 spiro atoms. The van der Waals surface area contributed by atoms with Crippen molar-refractivity contribution in [3.8, 4) is 5.75 Å². The van der Waals surface area contributed by atoms with E-state index >= 15 is 0 Å². The number of ether oxygens (including phenoxy) is 1. The Morgan fingerprint density at radius 1 is 1.12 bits per heavy atom. The largest absolute Gasteiger partial charge is 0.573 e. The van der Waals surface area contributed by atoms with Crippen molar-refractivity contribution in [1.29, 1.82) is 0 Å². The number of benzene rings is 1. The maximum absolute atomic E-state index is 12.2. The molecule has 0 fully saturated rings. The van der Waals surface area contributed by atoms with Crippen molar-refractivity contribution >= 4 is 0 Å². The van der Waals surface area contributed by atoms with Gasteiger partial charge in [0.2, 0.25) is 0 Å². The number of hydrogen-bond donors (Lipinski definition) is 2. The van der Waals surface area contributed by atoms with Crippen LogP contribution in [-0.4, -0.2) is 29.8 Å². The van der Waals surface area contributed by atoms with Crippen molar-refractivity contribution in [2.24, 2.45) is 0 Å². The molecule has 96 valence electrons. The van der Waals surface area contributed by atoms with Crippen LogP contribution in [0.5, 0.6) is 5.75 Å². The Balaban J connectivity index is 3.16. The van der Waals surface area contributed by atoms with Crippen molar-refractivity contribution in [1.82, 2.24) is 0 Å². The summed E-state index contributed by atoms with van der Waals surface area (Å²) >= 11 is 0. The van der Waals surface area contributed by atoms with Gasteiger partial charge in [-0.3, -0.25) is 0 Å². The molecule has 0 atom stereocenters. The Hall–Kier alpha value is -1.27. The number of rotatable bonds is 4. The summed E-state index contributed by atoms with van der Waals surface area (Å²) in [5.41, 5.74) is -1.07.